The SMILES string of the molecule is CCCN(CO)C(C)(C)C. The fourth-order valence-electron chi connectivity index (χ4n) is 0.888. The summed E-state index contributed by atoms with van der Waals surface area (Å²) in [6.07, 6.45) is 1.10. The van der Waals surface area contributed by atoms with Gasteiger partial charge in [-0.25, -0.2) is 0 Å². The van der Waals surface area contributed by atoms with Crippen molar-refractivity contribution in [3.05, 3.63) is 0 Å². The lowest BCUT2D eigenvalue weighted by atomic mass is 10.1. The molecule has 0 aromatic carbocycles. The summed E-state index contributed by atoms with van der Waals surface area (Å²) in [5.74, 6) is 0. The summed E-state index contributed by atoms with van der Waals surface area (Å²) in [6.45, 7) is 9.59. The molecular formula is C8H19NO. The minimum absolute atomic E-state index is 0.102. The van der Waals surface area contributed by atoms with Gasteiger partial charge in [-0.2, -0.15) is 0 Å². The second kappa shape index (κ2) is 3.94. The maximum absolute atomic E-state index is 8.92. The summed E-state index contributed by atoms with van der Waals surface area (Å²) in [6, 6.07) is 0. The average molecular weight is 145 g/mol. The topological polar surface area (TPSA) is 23.5 Å². The number of hydrogen-bond donors (Lipinski definition) is 1. The monoisotopic (exact) mass is 145 g/mol. The van der Waals surface area contributed by atoms with E-state index in [0.717, 1.165) is 13.0 Å². The van der Waals surface area contributed by atoms with E-state index >= 15 is 0 Å². The van der Waals surface area contributed by atoms with Crippen LogP contribution >= 0.6 is 0 Å². The van der Waals surface area contributed by atoms with Crippen LogP contribution in [-0.4, -0.2) is 28.8 Å². The van der Waals surface area contributed by atoms with Crippen LogP contribution in [0.15, 0.2) is 0 Å². The summed E-state index contributed by atoms with van der Waals surface area (Å²) in [7, 11) is 0. The molecule has 0 spiro atoms. The van der Waals surface area contributed by atoms with Crippen LogP contribution in [0.3, 0.4) is 0 Å². The molecule has 0 amide bonds. The average Bonchev–Trinajstić information content (AvgIpc) is 1.80. The first-order valence-corrected chi connectivity index (χ1v) is 3.88. The Hall–Kier alpha value is -0.0800. The Kier molecular flexibility index (Phi) is 3.91. The summed E-state index contributed by atoms with van der Waals surface area (Å²) in [5, 5.41) is 8.92. The molecular weight excluding hydrogens is 126 g/mol. The minimum Gasteiger partial charge on any atom is -0.381 e. The third kappa shape index (κ3) is 3.18. The second-order valence-corrected chi connectivity index (χ2v) is 3.58. The van der Waals surface area contributed by atoms with E-state index in [1.165, 1.54) is 0 Å². The van der Waals surface area contributed by atoms with Crippen LogP contribution in [-0.2, 0) is 0 Å². The van der Waals surface area contributed by atoms with E-state index in [2.05, 4.69) is 27.7 Å². The first-order valence-electron chi connectivity index (χ1n) is 3.88. The van der Waals surface area contributed by atoms with Crippen molar-refractivity contribution in [2.45, 2.75) is 39.7 Å². The van der Waals surface area contributed by atoms with E-state index in [4.69, 9.17) is 5.11 Å². The van der Waals surface area contributed by atoms with Gasteiger partial charge < -0.3 is 5.11 Å². The molecule has 0 saturated heterocycles. The molecule has 62 valence electrons. The van der Waals surface area contributed by atoms with E-state index in [0.29, 0.717) is 0 Å². The van der Waals surface area contributed by atoms with Crippen LogP contribution in [0.25, 0.3) is 0 Å². The molecule has 2 nitrogen and oxygen atoms in total. The van der Waals surface area contributed by atoms with Crippen molar-refractivity contribution in [3.63, 3.8) is 0 Å². The third-order valence-electron chi connectivity index (χ3n) is 1.61. The van der Waals surface area contributed by atoms with Gasteiger partial charge in [0.2, 0.25) is 0 Å². The highest BCUT2D eigenvalue weighted by Gasteiger charge is 2.18. The zero-order valence-electron chi connectivity index (χ0n) is 7.52. The molecule has 0 saturated carbocycles. The van der Waals surface area contributed by atoms with Crippen molar-refractivity contribution in [1.82, 2.24) is 4.90 Å². The van der Waals surface area contributed by atoms with Crippen molar-refractivity contribution in [2.24, 2.45) is 0 Å². The minimum atomic E-state index is 0.102. The zero-order chi connectivity index (χ0) is 8.20. The van der Waals surface area contributed by atoms with Gasteiger partial charge in [0.25, 0.3) is 0 Å². The van der Waals surface area contributed by atoms with Gasteiger partial charge in [-0.3, -0.25) is 4.90 Å². The molecule has 0 atom stereocenters. The smallest absolute Gasteiger partial charge is 0.0960 e. The fraction of sp³-hybridized carbons (Fsp3) is 1.00. The Balaban J connectivity index is 3.81. The van der Waals surface area contributed by atoms with Gasteiger partial charge in [0.05, 0.1) is 6.73 Å². The van der Waals surface area contributed by atoms with Crippen LogP contribution in [0.5, 0.6) is 0 Å². The summed E-state index contributed by atoms with van der Waals surface area (Å²) >= 11 is 0. The Bertz CT molecular complexity index is 85.7. The van der Waals surface area contributed by atoms with Crippen molar-refractivity contribution in [1.29, 1.82) is 0 Å². The van der Waals surface area contributed by atoms with Crippen LogP contribution in [0.4, 0.5) is 0 Å². The Morgan fingerprint density at radius 3 is 1.90 bits per heavy atom. The first-order chi connectivity index (χ1) is 4.52. The molecule has 10 heavy (non-hydrogen) atoms. The highest BCUT2D eigenvalue weighted by molar-refractivity contribution is 4.72. The predicted molar refractivity (Wildman–Crippen MR) is 43.8 cm³/mol. The van der Waals surface area contributed by atoms with Crippen molar-refractivity contribution >= 4 is 0 Å². The third-order valence-corrected chi connectivity index (χ3v) is 1.61. The number of aliphatic hydroxyl groups excluding tert-OH is 1. The maximum Gasteiger partial charge on any atom is 0.0960 e. The lowest BCUT2D eigenvalue weighted by Gasteiger charge is -2.33. The van der Waals surface area contributed by atoms with Crippen molar-refractivity contribution in [2.75, 3.05) is 13.3 Å². The van der Waals surface area contributed by atoms with Gasteiger partial charge in [-0.05, 0) is 27.2 Å². The van der Waals surface area contributed by atoms with Crippen LogP contribution in [0.1, 0.15) is 34.1 Å². The Morgan fingerprint density at radius 2 is 1.80 bits per heavy atom. The Labute approximate surface area is 63.8 Å². The van der Waals surface area contributed by atoms with Gasteiger partial charge in [0.1, 0.15) is 0 Å². The number of hydrogen-bond acceptors (Lipinski definition) is 2. The molecule has 0 rings (SSSR count). The van der Waals surface area contributed by atoms with Crippen LogP contribution in [0.2, 0.25) is 0 Å². The molecule has 0 aliphatic heterocycles. The van der Waals surface area contributed by atoms with Crippen LogP contribution in [0, 0.1) is 0 Å². The molecule has 0 heterocycles. The zero-order valence-corrected chi connectivity index (χ0v) is 7.52. The first kappa shape index (κ1) is 9.92. The standard InChI is InChI=1S/C8H19NO/c1-5-6-9(7-10)8(2,3)4/h10H,5-7H2,1-4H3. The lowest BCUT2D eigenvalue weighted by molar-refractivity contribution is 0.0335. The van der Waals surface area contributed by atoms with Crippen LogP contribution < -0.4 is 0 Å². The predicted octanol–water partition coefficient (Wildman–Crippen LogP) is 1.45. The summed E-state index contributed by atoms with van der Waals surface area (Å²) < 4.78 is 0. The van der Waals surface area contributed by atoms with Gasteiger partial charge in [0, 0.05) is 12.1 Å². The molecule has 0 unspecified atom stereocenters. The number of aliphatic hydroxyl groups is 1. The normalized spacial score (nSPS) is 12.6. The van der Waals surface area contributed by atoms with E-state index in [1.807, 2.05) is 4.90 Å². The van der Waals surface area contributed by atoms with Crippen molar-refractivity contribution < 1.29 is 5.11 Å². The van der Waals surface area contributed by atoms with E-state index in [9.17, 15) is 0 Å². The summed E-state index contributed by atoms with van der Waals surface area (Å²) in [4.78, 5) is 2.05. The number of rotatable bonds is 3. The molecule has 2 heteroatoms. The summed E-state index contributed by atoms with van der Waals surface area (Å²) in [5.41, 5.74) is 0.102. The molecule has 0 bridgehead atoms. The van der Waals surface area contributed by atoms with E-state index in [1.54, 1.807) is 0 Å². The lowest BCUT2D eigenvalue weighted by Crippen LogP contribution is -2.42. The van der Waals surface area contributed by atoms with Gasteiger partial charge in [-0.15, -0.1) is 0 Å². The highest BCUT2D eigenvalue weighted by Crippen LogP contribution is 2.11. The quantitative estimate of drug-likeness (QED) is 0.607. The fourth-order valence-corrected chi connectivity index (χ4v) is 0.888. The van der Waals surface area contributed by atoms with Gasteiger partial charge in [-0.1, -0.05) is 6.92 Å². The molecule has 0 fully saturated rings. The van der Waals surface area contributed by atoms with Gasteiger partial charge >= 0.3 is 0 Å². The molecule has 0 aliphatic rings. The van der Waals surface area contributed by atoms with Crippen molar-refractivity contribution in [3.8, 4) is 0 Å². The molecule has 0 radical (unpaired) electrons. The van der Waals surface area contributed by atoms with E-state index in [-0.39, 0.29) is 12.3 Å². The largest absolute Gasteiger partial charge is 0.381 e. The molecule has 0 aromatic rings. The Morgan fingerprint density at radius 1 is 1.30 bits per heavy atom. The molecule has 0 aliphatic carbocycles. The van der Waals surface area contributed by atoms with E-state index < -0.39 is 0 Å². The second-order valence-electron chi connectivity index (χ2n) is 3.58. The van der Waals surface area contributed by atoms with Gasteiger partial charge in [0.15, 0.2) is 0 Å². The molecule has 0 aromatic heterocycles. The number of nitrogens with zero attached hydrogens (tertiary/aromatic N) is 1. The maximum atomic E-state index is 8.92. The molecule has 1 N–H and O–H groups in total. The highest BCUT2D eigenvalue weighted by atomic mass is 16.3.